The highest BCUT2D eigenvalue weighted by atomic mass is 16.5. The molecule has 2 unspecified atom stereocenters. The number of rotatable bonds is 4. The predicted octanol–water partition coefficient (Wildman–Crippen LogP) is 3.79. The summed E-state index contributed by atoms with van der Waals surface area (Å²) in [6.07, 6.45) is 0.504. The quantitative estimate of drug-likeness (QED) is 0.699. The van der Waals surface area contributed by atoms with Crippen LogP contribution >= 0.6 is 0 Å². The number of ether oxygens (including phenoxy) is 2. The Bertz CT molecular complexity index is 1110. The Balaban J connectivity index is 1.61. The number of aromatic amines is 1. The molecule has 1 aromatic heterocycles. The van der Waals surface area contributed by atoms with Crippen LogP contribution in [0, 0.1) is 6.92 Å². The number of aryl methyl sites for hydroxylation is 1. The van der Waals surface area contributed by atoms with Crippen LogP contribution in [0.15, 0.2) is 47.3 Å². The van der Waals surface area contributed by atoms with E-state index in [1.165, 1.54) is 0 Å². The van der Waals surface area contributed by atoms with E-state index in [0.717, 1.165) is 24.2 Å². The second kappa shape index (κ2) is 6.87. The van der Waals surface area contributed by atoms with E-state index < -0.39 is 12.1 Å². The summed E-state index contributed by atoms with van der Waals surface area (Å²) in [5.41, 5.74) is 2.26. The smallest absolute Gasteiger partial charge is 0.338 e. The number of hydrogen-bond acceptors (Lipinski definition) is 5. The summed E-state index contributed by atoms with van der Waals surface area (Å²) < 4.78 is 11.5. The molecule has 1 aliphatic heterocycles. The number of fused-ring (bicyclic) bond motifs is 1. The minimum atomic E-state index is -0.455. The van der Waals surface area contributed by atoms with Crippen LogP contribution in [0.4, 0.5) is 0 Å². The van der Waals surface area contributed by atoms with E-state index in [9.17, 15) is 9.59 Å². The number of benzene rings is 2. The zero-order valence-corrected chi connectivity index (χ0v) is 16.1. The van der Waals surface area contributed by atoms with Gasteiger partial charge in [-0.3, -0.25) is 4.79 Å². The lowest BCUT2D eigenvalue weighted by molar-refractivity contribution is -0.141. The van der Waals surface area contributed by atoms with E-state index >= 15 is 0 Å². The van der Waals surface area contributed by atoms with Crippen molar-refractivity contribution in [3.8, 4) is 0 Å². The Labute approximate surface area is 162 Å². The van der Waals surface area contributed by atoms with E-state index in [2.05, 4.69) is 16.9 Å². The molecule has 0 saturated carbocycles. The minimum Gasteiger partial charge on any atom is -0.454 e. The number of nitrogens with one attached hydrogen (secondary N) is 1. The largest absolute Gasteiger partial charge is 0.454 e. The van der Waals surface area contributed by atoms with Gasteiger partial charge in [-0.15, -0.1) is 0 Å². The van der Waals surface area contributed by atoms with Crippen LogP contribution in [0.5, 0.6) is 0 Å². The van der Waals surface area contributed by atoms with Gasteiger partial charge in [-0.25, -0.2) is 9.78 Å². The molecule has 2 aromatic carbocycles. The van der Waals surface area contributed by atoms with Crippen molar-refractivity contribution in [3.63, 3.8) is 0 Å². The molecular weight excluding hydrogens is 356 g/mol. The topological polar surface area (TPSA) is 81.3 Å². The highest BCUT2D eigenvalue weighted by Gasteiger charge is 2.37. The van der Waals surface area contributed by atoms with E-state index in [1.54, 1.807) is 25.1 Å². The first-order chi connectivity index (χ1) is 13.4. The Kier molecular flexibility index (Phi) is 4.51. The number of carbonyl (C=O) groups excluding carboxylic acids is 1. The van der Waals surface area contributed by atoms with Crippen molar-refractivity contribution < 1.29 is 14.3 Å². The van der Waals surface area contributed by atoms with Crippen molar-refractivity contribution >= 4 is 16.9 Å². The number of H-pyrrole nitrogens is 1. The number of esters is 1. The third kappa shape index (κ3) is 3.20. The SMILES string of the molecule is Cc1nc2cc(C(=O)OC(C)c3ccccc3C3(C)CCO3)ccc2c(=O)[nH]1. The maximum Gasteiger partial charge on any atom is 0.338 e. The maximum absolute atomic E-state index is 12.7. The van der Waals surface area contributed by atoms with Gasteiger partial charge in [0.05, 0.1) is 28.7 Å². The standard InChI is InChI=1S/C22H22N2O4/c1-13(16-6-4-5-7-18(16)22(3)10-11-27-22)28-21(26)15-8-9-17-19(12-15)23-14(2)24-20(17)25/h4-9,12-13H,10-11H2,1-3H3,(H,23,24,25). The van der Waals surface area contributed by atoms with Crippen molar-refractivity contribution in [2.24, 2.45) is 0 Å². The highest BCUT2D eigenvalue weighted by molar-refractivity contribution is 5.94. The first kappa shape index (κ1) is 18.4. The van der Waals surface area contributed by atoms with Gasteiger partial charge >= 0.3 is 5.97 Å². The second-order valence-electron chi connectivity index (χ2n) is 7.35. The van der Waals surface area contributed by atoms with Crippen molar-refractivity contribution in [2.45, 2.75) is 38.9 Å². The molecule has 28 heavy (non-hydrogen) atoms. The van der Waals surface area contributed by atoms with Gasteiger partial charge in [-0.1, -0.05) is 24.3 Å². The summed E-state index contributed by atoms with van der Waals surface area (Å²) in [6, 6.07) is 12.7. The van der Waals surface area contributed by atoms with Gasteiger partial charge in [0.1, 0.15) is 11.9 Å². The molecule has 0 bridgehead atoms. The van der Waals surface area contributed by atoms with E-state index in [0.29, 0.717) is 22.3 Å². The first-order valence-corrected chi connectivity index (χ1v) is 9.32. The van der Waals surface area contributed by atoms with E-state index in [4.69, 9.17) is 9.47 Å². The second-order valence-corrected chi connectivity index (χ2v) is 7.35. The lowest BCUT2D eigenvalue weighted by Crippen LogP contribution is -2.38. The predicted molar refractivity (Wildman–Crippen MR) is 105 cm³/mol. The molecular formula is C22H22N2O4. The molecule has 0 radical (unpaired) electrons. The van der Waals surface area contributed by atoms with Crippen LogP contribution in [0.25, 0.3) is 10.9 Å². The van der Waals surface area contributed by atoms with Crippen molar-refractivity contribution in [1.29, 1.82) is 0 Å². The molecule has 0 aliphatic carbocycles. The van der Waals surface area contributed by atoms with Gasteiger partial charge in [0.15, 0.2) is 0 Å². The molecule has 4 rings (SSSR count). The van der Waals surface area contributed by atoms with Crippen LogP contribution in [-0.2, 0) is 15.1 Å². The molecule has 2 heterocycles. The van der Waals surface area contributed by atoms with Crippen molar-refractivity contribution in [3.05, 3.63) is 75.3 Å². The van der Waals surface area contributed by atoms with Crippen LogP contribution in [0.1, 0.15) is 53.7 Å². The highest BCUT2D eigenvalue weighted by Crippen LogP contribution is 2.40. The third-order valence-corrected chi connectivity index (χ3v) is 5.31. The zero-order valence-electron chi connectivity index (χ0n) is 16.1. The van der Waals surface area contributed by atoms with Crippen LogP contribution < -0.4 is 5.56 Å². The van der Waals surface area contributed by atoms with Gasteiger partial charge in [-0.2, -0.15) is 0 Å². The number of hydrogen-bond donors (Lipinski definition) is 1. The summed E-state index contributed by atoms with van der Waals surface area (Å²) >= 11 is 0. The van der Waals surface area contributed by atoms with Crippen LogP contribution in [0.3, 0.4) is 0 Å². The summed E-state index contributed by atoms with van der Waals surface area (Å²) in [6.45, 7) is 6.35. The molecule has 6 nitrogen and oxygen atoms in total. The van der Waals surface area contributed by atoms with E-state index in [1.807, 2.05) is 31.2 Å². The maximum atomic E-state index is 12.7. The number of aromatic nitrogens is 2. The van der Waals surface area contributed by atoms with Crippen molar-refractivity contribution in [2.75, 3.05) is 6.61 Å². The number of nitrogens with zero attached hydrogens (tertiary/aromatic N) is 1. The van der Waals surface area contributed by atoms with Crippen molar-refractivity contribution in [1.82, 2.24) is 9.97 Å². The zero-order chi connectivity index (χ0) is 19.9. The molecule has 0 spiro atoms. The lowest BCUT2D eigenvalue weighted by atomic mass is 9.84. The van der Waals surface area contributed by atoms with Gasteiger partial charge in [0.25, 0.3) is 5.56 Å². The monoisotopic (exact) mass is 378 g/mol. The van der Waals surface area contributed by atoms with Crippen LogP contribution in [0.2, 0.25) is 0 Å². The fourth-order valence-corrected chi connectivity index (χ4v) is 3.63. The van der Waals surface area contributed by atoms with Gasteiger partial charge in [-0.05, 0) is 50.1 Å². The van der Waals surface area contributed by atoms with Gasteiger partial charge in [0.2, 0.25) is 0 Å². The fourth-order valence-electron chi connectivity index (χ4n) is 3.63. The normalized spacial score (nSPS) is 19.8. The summed E-state index contributed by atoms with van der Waals surface area (Å²) in [4.78, 5) is 31.7. The molecule has 2 atom stereocenters. The Hall–Kier alpha value is -2.99. The number of carbonyl (C=O) groups is 1. The summed E-state index contributed by atoms with van der Waals surface area (Å²) in [5, 5.41) is 0.440. The van der Waals surface area contributed by atoms with Gasteiger partial charge in [0, 0.05) is 6.42 Å². The Morgan fingerprint density at radius 2 is 2.04 bits per heavy atom. The Morgan fingerprint density at radius 3 is 2.75 bits per heavy atom. The molecule has 1 saturated heterocycles. The van der Waals surface area contributed by atoms with Crippen LogP contribution in [-0.4, -0.2) is 22.5 Å². The molecule has 144 valence electrons. The average Bonchev–Trinajstić information content (AvgIpc) is 2.65. The lowest BCUT2D eigenvalue weighted by Gasteiger charge is -2.40. The Morgan fingerprint density at radius 1 is 1.29 bits per heavy atom. The minimum absolute atomic E-state index is 0.224. The third-order valence-electron chi connectivity index (χ3n) is 5.31. The molecule has 1 N–H and O–H groups in total. The fraction of sp³-hybridized carbons (Fsp3) is 0.318. The molecule has 1 fully saturated rings. The summed E-state index contributed by atoms with van der Waals surface area (Å²) in [5.74, 6) is 0.0441. The van der Waals surface area contributed by atoms with E-state index in [-0.39, 0.29) is 11.2 Å². The average molecular weight is 378 g/mol. The molecule has 0 amide bonds. The van der Waals surface area contributed by atoms with Gasteiger partial charge < -0.3 is 14.5 Å². The molecule has 1 aliphatic rings. The molecule has 3 aromatic rings. The summed E-state index contributed by atoms with van der Waals surface area (Å²) in [7, 11) is 0. The molecule has 6 heteroatoms. The first-order valence-electron chi connectivity index (χ1n) is 9.32.